The zero-order valence-electron chi connectivity index (χ0n) is 23.8. The molecule has 0 aromatic carbocycles. The smallest absolute Gasteiger partial charge is 0.325 e. The Balaban J connectivity index is 3.07. The highest BCUT2D eigenvalue weighted by Crippen LogP contribution is 2.19. The van der Waals surface area contributed by atoms with Gasteiger partial charge in [-0.2, -0.15) is 0 Å². The second kappa shape index (κ2) is 15.5. The average molecular weight is 573 g/mol. The van der Waals surface area contributed by atoms with Gasteiger partial charge in [0.1, 0.15) is 30.2 Å². The summed E-state index contributed by atoms with van der Waals surface area (Å²) in [5.74, 6) is -5.55. The molecule has 228 valence electrons. The zero-order chi connectivity index (χ0) is 30.9. The van der Waals surface area contributed by atoms with E-state index in [4.69, 9.17) is 10.8 Å². The van der Waals surface area contributed by atoms with E-state index in [2.05, 4.69) is 21.3 Å². The number of aliphatic hydroxyl groups excluding tert-OH is 2. The summed E-state index contributed by atoms with van der Waals surface area (Å²) in [5, 5.41) is 38.9. The minimum Gasteiger partial charge on any atom is -0.480 e. The van der Waals surface area contributed by atoms with E-state index in [0.29, 0.717) is 25.8 Å². The molecule has 5 amide bonds. The monoisotopic (exact) mass is 572 g/mol. The summed E-state index contributed by atoms with van der Waals surface area (Å²) in [4.78, 5) is 76.7. The first-order chi connectivity index (χ1) is 18.5. The maximum Gasteiger partial charge on any atom is 0.325 e. The first-order valence-electron chi connectivity index (χ1n) is 13.4. The van der Waals surface area contributed by atoms with Crippen molar-refractivity contribution in [2.45, 2.75) is 109 Å². The van der Waals surface area contributed by atoms with Gasteiger partial charge in [-0.1, -0.05) is 20.3 Å². The Morgan fingerprint density at radius 2 is 1.30 bits per heavy atom. The van der Waals surface area contributed by atoms with Crippen molar-refractivity contribution >= 4 is 35.5 Å². The minimum atomic E-state index is -1.53. The Hall–Kier alpha value is -3.30. The van der Waals surface area contributed by atoms with E-state index in [1.54, 1.807) is 13.8 Å². The summed E-state index contributed by atoms with van der Waals surface area (Å²) >= 11 is 0. The molecule has 0 aromatic rings. The van der Waals surface area contributed by atoms with Crippen LogP contribution in [0.5, 0.6) is 0 Å². The van der Waals surface area contributed by atoms with Crippen LogP contribution in [0, 0.1) is 5.92 Å². The molecule has 15 heteroatoms. The average Bonchev–Trinajstić information content (AvgIpc) is 3.36. The number of carbonyl (C=O) groups is 6. The second-order valence-electron chi connectivity index (χ2n) is 10.4. The molecule has 0 aromatic heterocycles. The topological polar surface area (TPSA) is 240 Å². The summed E-state index contributed by atoms with van der Waals surface area (Å²) < 4.78 is 0. The Labute approximate surface area is 233 Å². The molecular weight excluding hydrogens is 528 g/mol. The highest BCUT2D eigenvalue weighted by molar-refractivity contribution is 5.96. The largest absolute Gasteiger partial charge is 0.480 e. The Kier molecular flexibility index (Phi) is 13.4. The van der Waals surface area contributed by atoms with Gasteiger partial charge in [-0.05, 0) is 46.5 Å². The summed E-state index contributed by atoms with van der Waals surface area (Å²) in [6.45, 7) is 8.95. The van der Waals surface area contributed by atoms with Crippen LogP contribution in [0.25, 0.3) is 0 Å². The van der Waals surface area contributed by atoms with Crippen molar-refractivity contribution in [1.82, 2.24) is 26.2 Å². The number of amides is 5. The molecule has 0 spiro atoms. The molecule has 1 heterocycles. The van der Waals surface area contributed by atoms with Crippen LogP contribution in [0.15, 0.2) is 0 Å². The van der Waals surface area contributed by atoms with E-state index in [1.165, 1.54) is 32.6 Å². The number of aliphatic hydroxyl groups is 2. The molecule has 15 nitrogen and oxygen atoms in total. The van der Waals surface area contributed by atoms with E-state index >= 15 is 0 Å². The number of carboxylic acids is 1. The first kappa shape index (κ1) is 34.7. The maximum absolute atomic E-state index is 13.2. The number of carbonyl (C=O) groups excluding carboxylic acids is 5. The van der Waals surface area contributed by atoms with E-state index in [1.807, 2.05) is 0 Å². The van der Waals surface area contributed by atoms with Crippen LogP contribution in [0.4, 0.5) is 0 Å². The fraction of sp³-hybridized carbons (Fsp3) is 0.760. The van der Waals surface area contributed by atoms with Crippen LogP contribution in [-0.4, -0.2) is 111 Å². The summed E-state index contributed by atoms with van der Waals surface area (Å²) in [6, 6.07) is -7.24. The third-order valence-electron chi connectivity index (χ3n) is 6.88. The van der Waals surface area contributed by atoms with Crippen LogP contribution >= 0.6 is 0 Å². The van der Waals surface area contributed by atoms with Crippen molar-refractivity contribution in [3.05, 3.63) is 0 Å². The maximum atomic E-state index is 13.2. The molecule has 0 bridgehead atoms. The number of nitrogens with two attached hydrogens (primary N) is 1. The van der Waals surface area contributed by atoms with Crippen LogP contribution in [0.1, 0.15) is 60.8 Å². The number of likely N-dealkylation sites (tertiary alicyclic amines) is 1. The highest BCUT2D eigenvalue weighted by atomic mass is 16.4. The van der Waals surface area contributed by atoms with Gasteiger partial charge >= 0.3 is 5.97 Å². The van der Waals surface area contributed by atoms with Gasteiger partial charge in [0.15, 0.2) is 0 Å². The number of carboxylic acid groups (broad SMARTS) is 1. The van der Waals surface area contributed by atoms with Crippen molar-refractivity contribution in [3.8, 4) is 0 Å². The normalized spacial score (nSPS) is 21.0. The fourth-order valence-corrected chi connectivity index (χ4v) is 4.18. The third kappa shape index (κ3) is 9.41. The second-order valence-corrected chi connectivity index (χ2v) is 10.4. The number of rotatable bonds is 14. The first-order valence-corrected chi connectivity index (χ1v) is 13.4. The molecule has 0 unspecified atom stereocenters. The lowest BCUT2D eigenvalue weighted by Gasteiger charge is -2.31. The van der Waals surface area contributed by atoms with Gasteiger partial charge in [0.2, 0.25) is 29.5 Å². The Bertz CT molecular complexity index is 942. The van der Waals surface area contributed by atoms with Gasteiger partial charge in [-0.25, -0.2) is 0 Å². The summed E-state index contributed by atoms with van der Waals surface area (Å²) in [6.07, 6.45) is -1.48. The molecule has 0 aliphatic carbocycles. The van der Waals surface area contributed by atoms with Gasteiger partial charge in [-0.3, -0.25) is 28.8 Å². The Morgan fingerprint density at radius 3 is 1.77 bits per heavy atom. The number of nitrogens with one attached hydrogen (secondary N) is 4. The van der Waals surface area contributed by atoms with E-state index in [0.717, 1.165) is 0 Å². The lowest BCUT2D eigenvalue weighted by atomic mass is 9.96. The van der Waals surface area contributed by atoms with Crippen LogP contribution < -0.4 is 27.0 Å². The van der Waals surface area contributed by atoms with Crippen LogP contribution in [0.3, 0.4) is 0 Å². The molecule has 1 aliphatic heterocycles. The molecule has 1 saturated heterocycles. The van der Waals surface area contributed by atoms with Gasteiger partial charge in [-0.15, -0.1) is 0 Å². The predicted molar refractivity (Wildman–Crippen MR) is 142 cm³/mol. The van der Waals surface area contributed by atoms with Gasteiger partial charge < -0.3 is 47.2 Å². The van der Waals surface area contributed by atoms with Gasteiger partial charge in [0, 0.05) is 6.54 Å². The molecular formula is C25H44N6O9. The standard InChI is InChI=1S/C25H44N6O9/c1-7-11(2)17(21(35)30-18(14(5)32)22(36)27-13(4)25(39)40)28-23(37)19(15(6)33)29-20(34)16-9-8-10-31(16)24(38)12(3)26/h11-19,32-33H,7-10,26H2,1-6H3,(H,27,36)(H,28,37)(H,29,34)(H,30,35)(H,39,40)/t11-,12-,13-,14+,15+,16-,17-,18-,19-/m0/s1. The molecule has 1 rings (SSSR count). The fourth-order valence-electron chi connectivity index (χ4n) is 4.18. The molecule has 0 radical (unpaired) electrons. The summed E-state index contributed by atoms with van der Waals surface area (Å²) in [7, 11) is 0. The number of nitrogens with zero attached hydrogens (tertiary/aromatic N) is 1. The van der Waals surface area contributed by atoms with E-state index in [-0.39, 0.29) is 0 Å². The lowest BCUT2D eigenvalue weighted by molar-refractivity contribution is -0.143. The molecule has 1 fully saturated rings. The third-order valence-corrected chi connectivity index (χ3v) is 6.88. The SMILES string of the molecule is CC[C@H](C)[C@H](NC(=O)[C@@H](NC(=O)[C@@H]1CCCN1C(=O)[C@H](C)N)[C@@H](C)O)C(=O)N[C@H](C(=O)N[C@@H](C)C(=O)O)[C@@H](C)O. The van der Waals surface area contributed by atoms with Crippen LogP contribution in [0.2, 0.25) is 0 Å². The van der Waals surface area contributed by atoms with E-state index < -0.39 is 89.9 Å². The molecule has 1 aliphatic rings. The number of hydrogen-bond acceptors (Lipinski definition) is 9. The number of aliphatic carboxylic acids is 1. The minimum absolute atomic E-state index is 0.323. The van der Waals surface area contributed by atoms with Crippen molar-refractivity contribution < 1.29 is 44.1 Å². The molecule has 40 heavy (non-hydrogen) atoms. The van der Waals surface area contributed by atoms with Crippen molar-refractivity contribution in [3.63, 3.8) is 0 Å². The van der Waals surface area contributed by atoms with Gasteiger partial charge in [0.25, 0.3) is 0 Å². The zero-order valence-corrected chi connectivity index (χ0v) is 23.8. The summed E-state index contributed by atoms with van der Waals surface area (Å²) in [5.41, 5.74) is 5.68. The molecule has 9 atom stereocenters. The highest BCUT2D eigenvalue weighted by Gasteiger charge is 2.39. The van der Waals surface area contributed by atoms with Crippen molar-refractivity contribution in [1.29, 1.82) is 0 Å². The van der Waals surface area contributed by atoms with Crippen molar-refractivity contribution in [2.24, 2.45) is 11.7 Å². The van der Waals surface area contributed by atoms with Gasteiger partial charge in [0.05, 0.1) is 18.2 Å². The molecule has 9 N–H and O–H groups in total. The quantitative estimate of drug-likeness (QED) is 0.106. The van der Waals surface area contributed by atoms with Crippen molar-refractivity contribution in [2.75, 3.05) is 6.54 Å². The molecule has 0 saturated carbocycles. The van der Waals surface area contributed by atoms with E-state index in [9.17, 15) is 39.0 Å². The Morgan fingerprint density at radius 1 is 0.825 bits per heavy atom. The lowest BCUT2D eigenvalue weighted by Crippen LogP contribution is -2.63. The predicted octanol–water partition coefficient (Wildman–Crippen LogP) is -2.82. The van der Waals surface area contributed by atoms with Crippen LogP contribution in [-0.2, 0) is 28.8 Å². The number of hydrogen-bond donors (Lipinski definition) is 8.